The molecule has 0 fully saturated rings. The second kappa shape index (κ2) is 6.12. The zero-order valence-electron chi connectivity index (χ0n) is 12.8. The first-order valence-electron chi connectivity index (χ1n) is 7.40. The maximum absolute atomic E-state index is 12.5. The molecule has 3 aromatic rings. The molecular weight excluding hydrogens is 274 g/mol. The summed E-state index contributed by atoms with van der Waals surface area (Å²) in [6.45, 7) is 2.68. The van der Waals surface area contributed by atoms with Crippen LogP contribution in [0.25, 0.3) is 11.0 Å². The quantitative estimate of drug-likeness (QED) is 0.804. The molecule has 4 heteroatoms. The highest BCUT2D eigenvalue weighted by molar-refractivity contribution is 5.74. The lowest BCUT2D eigenvalue weighted by Gasteiger charge is -2.15. The summed E-state index contributed by atoms with van der Waals surface area (Å²) < 4.78 is 1.67. The highest BCUT2D eigenvalue weighted by atomic mass is 16.1. The smallest absolute Gasteiger partial charge is 0.274 e. The summed E-state index contributed by atoms with van der Waals surface area (Å²) in [4.78, 5) is 17.0. The van der Waals surface area contributed by atoms with Gasteiger partial charge in [0.25, 0.3) is 5.56 Å². The normalized spacial score (nSPS) is 12.5. The Balaban J connectivity index is 1.89. The standard InChI is InChI=1S/C18H19N3O/c1-13(19-12-14-8-4-3-5-9-14)17-18(22)21(2)16-11-7-6-10-15(16)20-17/h3-11,13,19H,12H2,1-2H3. The molecule has 0 saturated carbocycles. The van der Waals surface area contributed by atoms with E-state index < -0.39 is 0 Å². The Kier molecular flexibility index (Phi) is 4.02. The van der Waals surface area contributed by atoms with E-state index in [1.54, 1.807) is 11.6 Å². The first kappa shape index (κ1) is 14.5. The van der Waals surface area contributed by atoms with E-state index in [0.717, 1.165) is 11.0 Å². The fourth-order valence-electron chi connectivity index (χ4n) is 2.55. The van der Waals surface area contributed by atoms with Crippen molar-refractivity contribution < 1.29 is 0 Å². The van der Waals surface area contributed by atoms with Crippen LogP contribution in [0.2, 0.25) is 0 Å². The molecule has 4 nitrogen and oxygen atoms in total. The van der Waals surface area contributed by atoms with Crippen molar-refractivity contribution in [3.63, 3.8) is 0 Å². The molecule has 0 aliphatic heterocycles. The van der Waals surface area contributed by atoms with Gasteiger partial charge in [0.2, 0.25) is 0 Å². The average Bonchev–Trinajstić information content (AvgIpc) is 2.57. The molecule has 1 heterocycles. The number of nitrogens with one attached hydrogen (secondary N) is 1. The van der Waals surface area contributed by atoms with Crippen LogP contribution in [0.5, 0.6) is 0 Å². The van der Waals surface area contributed by atoms with Crippen LogP contribution in [0.1, 0.15) is 24.2 Å². The second-order valence-corrected chi connectivity index (χ2v) is 5.44. The molecule has 0 bridgehead atoms. The highest BCUT2D eigenvalue weighted by Crippen LogP contribution is 2.13. The minimum atomic E-state index is -0.108. The van der Waals surface area contributed by atoms with Gasteiger partial charge in [-0.25, -0.2) is 4.98 Å². The molecule has 1 aromatic heterocycles. The van der Waals surface area contributed by atoms with Gasteiger partial charge in [0.15, 0.2) is 0 Å². The number of fused-ring (bicyclic) bond motifs is 1. The second-order valence-electron chi connectivity index (χ2n) is 5.44. The van der Waals surface area contributed by atoms with Crippen LogP contribution >= 0.6 is 0 Å². The molecule has 1 N–H and O–H groups in total. The minimum Gasteiger partial charge on any atom is -0.308 e. The Morgan fingerprint density at radius 2 is 1.77 bits per heavy atom. The summed E-state index contributed by atoms with van der Waals surface area (Å²) in [5.41, 5.74) is 3.38. The van der Waals surface area contributed by atoms with Gasteiger partial charge in [-0.3, -0.25) is 4.79 Å². The first-order chi connectivity index (χ1) is 10.7. The topological polar surface area (TPSA) is 46.9 Å². The fraction of sp³-hybridized carbons (Fsp3) is 0.222. The van der Waals surface area contributed by atoms with E-state index in [4.69, 9.17) is 0 Å². The molecule has 0 aliphatic rings. The van der Waals surface area contributed by atoms with Crippen LogP contribution in [0.3, 0.4) is 0 Å². The number of hydrogen-bond donors (Lipinski definition) is 1. The molecule has 3 rings (SSSR count). The molecule has 1 atom stereocenters. The van der Waals surface area contributed by atoms with Gasteiger partial charge in [0.1, 0.15) is 5.69 Å². The summed E-state index contributed by atoms with van der Waals surface area (Å²) in [6.07, 6.45) is 0. The molecule has 0 aliphatic carbocycles. The van der Waals surface area contributed by atoms with Crippen LogP contribution < -0.4 is 10.9 Å². The molecule has 0 amide bonds. The van der Waals surface area contributed by atoms with Gasteiger partial charge in [-0.05, 0) is 24.6 Å². The molecule has 0 radical (unpaired) electrons. The summed E-state index contributed by atoms with van der Waals surface area (Å²) in [6, 6.07) is 17.7. The van der Waals surface area contributed by atoms with Crippen molar-refractivity contribution in [2.45, 2.75) is 19.5 Å². The van der Waals surface area contributed by atoms with Gasteiger partial charge in [-0.2, -0.15) is 0 Å². The third-order valence-corrected chi connectivity index (χ3v) is 3.87. The molecule has 112 valence electrons. The van der Waals surface area contributed by atoms with Crippen LogP contribution in [-0.2, 0) is 13.6 Å². The summed E-state index contributed by atoms with van der Waals surface area (Å²) in [5.74, 6) is 0. The molecule has 0 saturated heterocycles. The van der Waals surface area contributed by atoms with E-state index in [2.05, 4.69) is 22.4 Å². The van der Waals surface area contributed by atoms with Gasteiger partial charge in [0.05, 0.1) is 17.1 Å². The number of nitrogens with zero attached hydrogens (tertiary/aromatic N) is 2. The molecule has 0 spiro atoms. The third kappa shape index (κ3) is 2.78. The van der Waals surface area contributed by atoms with Crippen LogP contribution in [-0.4, -0.2) is 9.55 Å². The lowest BCUT2D eigenvalue weighted by Crippen LogP contribution is -2.30. The first-order valence-corrected chi connectivity index (χ1v) is 7.40. The maximum atomic E-state index is 12.5. The van der Waals surface area contributed by atoms with Crippen molar-refractivity contribution in [2.75, 3.05) is 0 Å². The predicted octanol–water partition coefficient (Wildman–Crippen LogP) is 2.78. The Bertz CT molecular complexity index is 840. The fourth-order valence-corrected chi connectivity index (χ4v) is 2.55. The van der Waals surface area contributed by atoms with E-state index in [-0.39, 0.29) is 11.6 Å². The monoisotopic (exact) mass is 293 g/mol. The Morgan fingerprint density at radius 1 is 1.09 bits per heavy atom. The number of para-hydroxylation sites is 2. The predicted molar refractivity (Wildman–Crippen MR) is 88.7 cm³/mol. The third-order valence-electron chi connectivity index (χ3n) is 3.87. The molecule has 2 aromatic carbocycles. The van der Waals surface area contributed by atoms with E-state index in [9.17, 15) is 4.79 Å². The van der Waals surface area contributed by atoms with Crippen molar-refractivity contribution in [3.8, 4) is 0 Å². The van der Waals surface area contributed by atoms with Gasteiger partial charge < -0.3 is 9.88 Å². The van der Waals surface area contributed by atoms with Gasteiger partial charge in [-0.1, -0.05) is 42.5 Å². The molecule has 1 unspecified atom stereocenters. The van der Waals surface area contributed by atoms with Crippen molar-refractivity contribution in [1.29, 1.82) is 0 Å². The van der Waals surface area contributed by atoms with Crippen LogP contribution in [0.15, 0.2) is 59.4 Å². The number of benzene rings is 2. The number of aryl methyl sites for hydroxylation is 1. The van der Waals surface area contributed by atoms with E-state index in [1.165, 1.54) is 5.56 Å². The van der Waals surface area contributed by atoms with E-state index >= 15 is 0 Å². The summed E-state index contributed by atoms with van der Waals surface area (Å²) in [5, 5.41) is 3.37. The van der Waals surface area contributed by atoms with Crippen molar-refractivity contribution in [1.82, 2.24) is 14.9 Å². The maximum Gasteiger partial charge on any atom is 0.274 e. The number of rotatable bonds is 4. The van der Waals surface area contributed by atoms with Crippen molar-refractivity contribution >= 4 is 11.0 Å². The van der Waals surface area contributed by atoms with Gasteiger partial charge in [0, 0.05) is 13.6 Å². The number of aromatic nitrogens is 2. The van der Waals surface area contributed by atoms with Gasteiger partial charge in [-0.15, -0.1) is 0 Å². The Hall–Kier alpha value is -2.46. The van der Waals surface area contributed by atoms with E-state index in [1.807, 2.05) is 49.4 Å². The SMILES string of the molecule is CC(NCc1ccccc1)c1nc2ccccc2n(C)c1=O. The lowest BCUT2D eigenvalue weighted by molar-refractivity contribution is 0.552. The van der Waals surface area contributed by atoms with Crippen LogP contribution in [0.4, 0.5) is 0 Å². The average molecular weight is 293 g/mol. The lowest BCUT2D eigenvalue weighted by atomic mass is 10.2. The Labute approximate surface area is 129 Å². The minimum absolute atomic E-state index is 0.0493. The molecular formula is C18H19N3O. The summed E-state index contributed by atoms with van der Waals surface area (Å²) in [7, 11) is 1.79. The zero-order chi connectivity index (χ0) is 15.5. The summed E-state index contributed by atoms with van der Waals surface area (Å²) >= 11 is 0. The van der Waals surface area contributed by atoms with Crippen molar-refractivity contribution in [3.05, 3.63) is 76.2 Å². The van der Waals surface area contributed by atoms with Crippen molar-refractivity contribution in [2.24, 2.45) is 7.05 Å². The largest absolute Gasteiger partial charge is 0.308 e. The highest BCUT2D eigenvalue weighted by Gasteiger charge is 2.14. The molecule has 22 heavy (non-hydrogen) atoms. The van der Waals surface area contributed by atoms with Crippen LogP contribution in [0, 0.1) is 0 Å². The Morgan fingerprint density at radius 3 is 2.55 bits per heavy atom. The van der Waals surface area contributed by atoms with E-state index in [0.29, 0.717) is 12.2 Å². The van der Waals surface area contributed by atoms with Gasteiger partial charge >= 0.3 is 0 Å². The zero-order valence-corrected chi connectivity index (χ0v) is 12.8. The number of hydrogen-bond acceptors (Lipinski definition) is 3.